The normalized spacial score (nSPS) is 17.1. The maximum atomic E-state index is 11.6. The van der Waals surface area contributed by atoms with Gasteiger partial charge in [-0.05, 0) is 43.9 Å². The second kappa shape index (κ2) is 4.75. The number of hydrogen-bond acceptors (Lipinski definition) is 2. The Kier molecular flexibility index (Phi) is 3.33. The number of carbonyl (C=O) groups excluding carboxylic acids is 1. The molecule has 92 valence electrons. The molecule has 0 radical (unpaired) electrons. The molecule has 0 unspecified atom stereocenters. The predicted molar refractivity (Wildman–Crippen MR) is 67.0 cm³/mol. The van der Waals surface area contributed by atoms with Crippen LogP contribution < -0.4 is 10.6 Å². The van der Waals surface area contributed by atoms with Crippen LogP contribution in [0, 0.1) is 6.92 Å². The summed E-state index contributed by atoms with van der Waals surface area (Å²) in [6.45, 7) is 2.30. The molecule has 4 nitrogen and oxygen atoms in total. The van der Waals surface area contributed by atoms with Crippen LogP contribution in [-0.2, 0) is 0 Å². The summed E-state index contributed by atoms with van der Waals surface area (Å²) in [6.07, 6.45) is 2.59. The molecule has 1 aliphatic carbocycles. The van der Waals surface area contributed by atoms with E-state index in [1.54, 1.807) is 0 Å². The molecule has 0 heterocycles. The Morgan fingerprint density at radius 3 is 2.82 bits per heavy atom. The highest BCUT2D eigenvalue weighted by atomic mass is 16.3. The van der Waals surface area contributed by atoms with Crippen molar-refractivity contribution in [2.45, 2.75) is 31.8 Å². The maximum absolute atomic E-state index is 11.6. The highest BCUT2D eigenvalue weighted by Gasteiger charge is 2.34. The molecule has 0 saturated heterocycles. The minimum Gasteiger partial charge on any atom is -0.388 e. The third-order valence-corrected chi connectivity index (χ3v) is 3.14. The lowest BCUT2D eigenvalue weighted by atomic mass is 9.80. The van der Waals surface area contributed by atoms with Gasteiger partial charge >= 0.3 is 6.03 Å². The fourth-order valence-corrected chi connectivity index (χ4v) is 1.90. The number of nitrogens with one attached hydrogen (secondary N) is 2. The van der Waals surface area contributed by atoms with Crippen molar-refractivity contribution in [2.24, 2.45) is 0 Å². The molecule has 1 aliphatic rings. The first kappa shape index (κ1) is 11.9. The molecule has 17 heavy (non-hydrogen) atoms. The zero-order valence-electron chi connectivity index (χ0n) is 9.99. The first-order valence-electron chi connectivity index (χ1n) is 5.91. The van der Waals surface area contributed by atoms with E-state index in [-0.39, 0.29) is 6.03 Å². The van der Waals surface area contributed by atoms with E-state index in [4.69, 9.17) is 0 Å². The van der Waals surface area contributed by atoms with Gasteiger partial charge in [-0.15, -0.1) is 0 Å². The van der Waals surface area contributed by atoms with Crippen molar-refractivity contribution >= 4 is 11.7 Å². The lowest BCUT2D eigenvalue weighted by Gasteiger charge is -2.36. The molecule has 0 bridgehead atoms. The molecule has 0 aromatic heterocycles. The van der Waals surface area contributed by atoms with Gasteiger partial charge in [-0.1, -0.05) is 12.1 Å². The van der Waals surface area contributed by atoms with Crippen molar-refractivity contribution in [3.63, 3.8) is 0 Å². The molecule has 1 fully saturated rings. The van der Waals surface area contributed by atoms with Crippen LogP contribution in [0.4, 0.5) is 10.5 Å². The molecule has 1 saturated carbocycles. The van der Waals surface area contributed by atoms with Gasteiger partial charge in [0, 0.05) is 12.2 Å². The first-order chi connectivity index (χ1) is 8.07. The maximum Gasteiger partial charge on any atom is 0.319 e. The van der Waals surface area contributed by atoms with Gasteiger partial charge in [0.05, 0.1) is 5.60 Å². The Bertz CT molecular complexity index is 414. The fourth-order valence-electron chi connectivity index (χ4n) is 1.90. The molecule has 0 atom stereocenters. The summed E-state index contributed by atoms with van der Waals surface area (Å²) in [5.74, 6) is 0. The Balaban J connectivity index is 1.81. The SMILES string of the molecule is Cc1cccc(NC(=O)NCC2(O)CCC2)c1. The molecular weight excluding hydrogens is 216 g/mol. The van der Waals surface area contributed by atoms with Crippen LogP contribution in [0.5, 0.6) is 0 Å². The third-order valence-electron chi connectivity index (χ3n) is 3.14. The second-order valence-corrected chi connectivity index (χ2v) is 4.76. The topological polar surface area (TPSA) is 61.4 Å². The molecule has 0 spiro atoms. The van der Waals surface area contributed by atoms with Crippen LogP contribution in [0.15, 0.2) is 24.3 Å². The Morgan fingerprint density at radius 2 is 2.24 bits per heavy atom. The minimum atomic E-state index is -0.677. The van der Waals surface area contributed by atoms with Crippen molar-refractivity contribution in [1.82, 2.24) is 5.32 Å². The first-order valence-corrected chi connectivity index (χ1v) is 5.91. The molecular formula is C13H18N2O2. The van der Waals surface area contributed by atoms with Crippen molar-refractivity contribution in [1.29, 1.82) is 0 Å². The van der Waals surface area contributed by atoms with Crippen LogP contribution in [0.2, 0.25) is 0 Å². The number of aliphatic hydroxyl groups is 1. The lowest BCUT2D eigenvalue weighted by molar-refractivity contribution is -0.0287. The van der Waals surface area contributed by atoms with Gasteiger partial charge < -0.3 is 15.7 Å². The van der Waals surface area contributed by atoms with Crippen molar-refractivity contribution in [2.75, 3.05) is 11.9 Å². The number of amides is 2. The summed E-state index contributed by atoms with van der Waals surface area (Å²) >= 11 is 0. The number of benzene rings is 1. The lowest BCUT2D eigenvalue weighted by Crippen LogP contribution is -2.48. The van der Waals surface area contributed by atoms with E-state index in [9.17, 15) is 9.90 Å². The number of urea groups is 1. The fraction of sp³-hybridized carbons (Fsp3) is 0.462. The highest BCUT2D eigenvalue weighted by molar-refractivity contribution is 5.89. The van der Waals surface area contributed by atoms with E-state index in [1.165, 1.54) is 0 Å². The second-order valence-electron chi connectivity index (χ2n) is 4.76. The number of anilines is 1. The van der Waals surface area contributed by atoms with Crippen molar-refractivity contribution in [3.05, 3.63) is 29.8 Å². The summed E-state index contributed by atoms with van der Waals surface area (Å²) < 4.78 is 0. The molecule has 3 N–H and O–H groups in total. The van der Waals surface area contributed by atoms with Crippen LogP contribution in [0.25, 0.3) is 0 Å². The molecule has 0 aliphatic heterocycles. The zero-order valence-corrected chi connectivity index (χ0v) is 9.99. The summed E-state index contributed by atoms with van der Waals surface area (Å²) in [4.78, 5) is 11.6. The van der Waals surface area contributed by atoms with E-state index in [2.05, 4.69) is 10.6 Å². The van der Waals surface area contributed by atoms with Gasteiger partial charge in [0.1, 0.15) is 0 Å². The van der Waals surface area contributed by atoms with Gasteiger partial charge in [-0.2, -0.15) is 0 Å². The Morgan fingerprint density at radius 1 is 1.47 bits per heavy atom. The van der Waals surface area contributed by atoms with Gasteiger partial charge in [0.15, 0.2) is 0 Å². The van der Waals surface area contributed by atoms with Crippen LogP contribution >= 0.6 is 0 Å². The summed E-state index contributed by atoms with van der Waals surface area (Å²) in [5.41, 5.74) is 1.19. The van der Waals surface area contributed by atoms with E-state index >= 15 is 0 Å². The van der Waals surface area contributed by atoms with E-state index in [0.29, 0.717) is 6.54 Å². The van der Waals surface area contributed by atoms with Gasteiger partial charge in [0.2, 0.25) is 0 Å². The van der Waals surface area contributed by atoms with Crippen LogP contribution in [-0.4, -0.2) is 23.3 Å². The Labute approximate surface area is 101 Å². The molecule has 2 rings (SSSR count). The van der Waals surface area contributed by atoms with Gasteiger partial charge in [-0.3, -0.25) is 0 Å². The number of rotatable bonds is 3. The summed E-state index contributed by atoms with van der Waals surface area (Å²) in [5, 5.41) is 15.3. The average Bonchev–Trinajstić information content (AvgIpc) is 2.24. The van der Waals surface area contributed by atoms with E-state index in [0.717, 1.165) is 30.5 Å². The molecule has 1 aromatic rings. The van der Waals surface area contributed by atoms with Crippen molar-refractivity contribution in [3.8, 4) is 0 Å². The Hall–Kier alpha value is -1.55. The van der Waals surface area contributed by atoms with E-state index in [1.807, 2.05) is 31.2 Å². The van der Waals surface area contributed by atoms with Crippen LogP contribution in [0.3, 0.4) is 0 Å². The van der Waals surface area contributed by atoms with Crippen molar-refractivity contribution < 1.29 is 9.90 Å². The number of aryl methyl sites for hydroxylation is 1. The van der Waals surface area contributed by atoms with E-state index < -0.39 is 5.60 Å². The molecule has 2 amide bonds. The largest absolute Gasteiger partial charge is 0.388 e. The summed E-state index contributed by atoms with van der Waals surface area (Å²) in [7, 11) is 0. The number of hydrogen-bond donors (Lipinski definition) is 3. The molecule has 4 heteroatoms. The monoisotopic (exact) mass is 234 g/mol. The van der Waals surface area contributed by atoms with Gasteiger partial charge in [-0.25, -0.2) is 4.79 Å². The quantitative estimate of drug-likeness (QED) is 0.749. The predicted octanol–water partition coefficient (Wildman–Crippen LogP) is 2.03. The van der Waals surface area contributed by atoms with Crippen LogP contribution in [0.1, 0.15) is 24.8 Å². The number of carbonyl (C=O) groups is 1. The smallest absolute Gasteiger partial charge is 0.319 e. The standard InChI is InChI=1S/C13H18N2O2/c1-10-4-2-5-11(8-10)15-12(16)14-9-13(17)6-3-7-13/h2,4-5,8,17H,3,6-7,9H2,1H3,(H2,14,15,16). The van der Waals surface area contributed by atoms with Gasteiger partial charge in [0.25, 0.3) is 0 Å². The summed E-state index contributed by atoms with van der Waals surface area (Å²) in [6, 6.07) is 7.34. The zero-order chi connectivity index (χ0) is 12.3. The third kappa shape index (κ3) is 3.20. The average molecular weight is 234 g/mol. The minimum absolute atomic E-state index is 0.268. The molecule has 1 aromatic carbocycles. The highest BCUT2D eigenvalue weighted by Crippen LogP contribution is 2.30.